The van der Waals surface area contributed by atoms with Crippen LogP contribution in [-0.2, 0) is 11.6 Å². The second-order valence-corrected chi connectivity index (χ2v) is 11.6. The number of hydrogen-bond donors (Lipinski definition) is 1. The Labute approximate surface area is 216 Å². The highest BCUT2D eigenvalue weighted by molar-refractivity contribution is 5.65. The Hall–Kier alpha value is -3.44. The Balaban J connectivity index is 1.04. The molecule has 0 saturated heterocycles. The van der Waals surface area contributed by atoms with Gasteiger partial charge < -0.3 is 19.4 Å². The first kappa shape index (κ1) is 22.5. The molecule has 198 valence electrons. The summed E-state index contributed by atoms with van der Waals surface area (Å²) in [6, 6.07) is -0.0575. The molecule has 0 amide bonds. The lowest BCUT2D eigenvalue weighted by atomic mass is 8.92. The van der Waals surface area contributed by atoms with E-state index in [1.807, 2.05) is 13.8 Å². The molecule has 0 radical (unpaired) electrons. The van der Waals surface area contributed by atoms with Gasteiger partial charge >= 0.3 is 6.18 Å². The van der Waals surface area contributed by atoms with Crippen LogP contribution in [0.3, 0.4) is 0 Å². The second kappa shape index (κ2) is 6.76. The van der Waals surface area contributed by atoms with Crippen LogP contribution < -0.4 is 14.8 Å². The lowest BCUT2D eigenvalue weighted by molar-refractivity contribution is -0.626. The molecule has 0 bridgehead atoms. The maximum Gasteiger partial charge on any atom is 0.434 e. The van der Waals surface area contributed by atoms with Gasteiger partial charge in [-0.3, -0.25) is 0 Å². The fraction of sp³-hybridized carbons (Fsp3) is 0.577. The molecule has 9 rings (SSSR count). The average molecular weight is 526 g/mol. The van der Waals surface area contributed by atoms with Crippen molar-refractivity contribution in [2.45, 2.75) is 31.5 Å². The van der Waals surface area contributed by atoms with Crippen LogP contribution in [0.25, 0.3) is 11.4 Å². The van der Waals surface area contributed by atoms with Crippen LogP contribution in [0.5, 0.6) is 11.6 Å². The van der Waals surface area contributed by atoms with Crippen molar-refractivity contribution in [1.29, 1.82) is 0 Å². The van der Waals surface area contributed by atoms with Gasteiger partial charge in [0.1, 0.15) is 12.2 Å². The molecule has 38 heavy (non-hydrogen) atoms. The van der Waals surface area contributed by atoms with Crippen LogP contribution in [0.1, 0.15) is 31.4 Å². The van der Waals surface area contributed by atoms with Gasteiger partial charge in [-0.05, 0) is 54.8 Å². The minimum Gasteiger partial charge on any atom is -0.491 e. The van der Waals surface area contributed by atoms with Crippen molar-refractivity contribution in [3.05, 3.63) is 36.4 Å². The Morgan fingerprint density at radius 1 is 1.00 bits per heavy atom. The molecule has 3 aromatic heterocycles. The third-order valence-corrected chi connectivity index (χ3v) is 10.5. The lowest BCUT2D eigenvalue weighted by Gasteiger charge is -3.11. The Bertz CT molecular complexity index is 1450. The van der Waals surface area contributed by atoms with E-state index >= 15 is 0 Å². The van der Waals surface area contributed by atoms with Gasteiger partial charge in [-0.1, -0.05) is 0 Å². The molecule has 0 aromatic carbocycles. The summed E-state index contributed by atoms with van der Waals surface area (Å²) < 4.78 is 53.2. The van der Waals surface area contributed by atoms with Crippen molar-refractivity contribution in [2.75, 3.05) is 26.1 Å². The molecule has 3 aromatic rings. The van der Waals surface area contributed by atoms with E-state index in [-0.39, 0.29) is 16.9 Å². The van der Waals surface area contributed by atoms with Gasteiger partial charge in [0.2, 0.25) is 5.88 Å². The third kappa shape index (κ3) is 2.16. The first-order chi connectivity index (χ1) is 18.2. The highest BCUT2D eigenvalue weighted by Crippen LogP contribution is 3.09. The first-order valence-electron chi connectivity index (χ1n) is 12.9. The Morgan fingerprint density at radius 2 is 1.71 bits per heavy atom. The molecular formula is C26H26F3N7O2. The van der Waals surface area contributed by atoms with E-state index in [9.17, 15) is 13.2 Å². The zero-order valence-corrected chi connectivity index (χ0v) is 21.2. The number of anilines is 1. The van der Waals surface area contributed by atoms with Crippen molar-refractivity contribution < 1.29 is 22.6 Å². The van der Waals surface area contributed by atoms with Crippen LogP contribution in [0.15, 0.2) is 24.9 Å². The Kier molecular flexibility index (Phi) is 4.01. The Morgan fingerprint density at radius 3 is 2.32 bits per heavy atom. The van der Waals surface area contributed by atoms with Gasteiger partial charge in [0.05, 0.1) is 26.0 Å². The number of rotatable bonds is 8. The second-order valence-electron chi connectivity index (χ2n) is 11.6. The van der Waals surface area contributed by atoms with Crippen molar-refractivity contribution in [2.24, 2.45) is 40.9 Å². The molecule has 6 aliphatic carbocycles. The maximum atomic E-state index is 13.5. The number of nitrogens with one attached hydrogen (secondary N) is 1. The molecule has 0 unspecified atom stereocenters. The molecule has 6 fully saturated rings. The number of nitrogens with zero attached hydrogens (tertiary/aromatic N) is 6. The molecule has 12 heteroatoms. The van der Waals surface area contributed by atoms with E-state index in [4.69, 9.17) is 14.5 Å². The molecule has 9 nitrogen and oxygen atoms in total. The SMILES string of the molecule is COc1cnc(-c2cncnc2OC)nc1NCC12C3C4C1C1C2C3C41c1nc(C(F)(F)F)cn1C(C)C. The van der Waals surface area contributed by atoms with Crippen molar-refractivity contribution in [3.63, 3.8) is 0 Å². The standard InChI is InChI=1S/C26H26F3N7O2/c1-10(2)36-7-13(26(27,28)29)34-23(36)25-17-14-18(25)16-19(25)15(17)24(14,16)8-32-21-12(37-3)6-31-20(35-21)11-5-30-9-33-22(11)38-4/h5-7,9-10,14-19H,8H2,1-4H3,(H,31,32,35). The van der Waals surface area contributed by atoms with Crippen molar-refractivity contribution in [3.8, 4) is 23.0 Å². The van der Waals surface area contributed by atoms with Crippen molar-refractivity contribution >= 4 is 5.82 Å². The number of methoxy groups -OCH3 is 2. The number of imidazole rings is 1. The largest absolute Gasteiger partial charge is 0.491 e. The van der Waals surface area contributed by atoms with Crippen LogP contribution in [0, 0.1) is 40.9 Å². The van der Waals surface area contributed by atoms with Crippen LogP contribution in [0.2, 0.25) is 0 Å². The van der Waals surface area contributed by atoms with Gasteiger partial charge in [-0.15, -0.1) is 0 Å². The molecule has 6 saturated carbocycles. The van der Waals surface area contributed by atoms with E-state index in [1.54, 1.807) is 24.1 Å². The minimum atomic E-state index is -4.43. The fourth-order valence-corrected chi connectivity index (χ4v) is 9.44. The normalized spacial score (nSPS) is 36.3. The summed E-state index contributed by atoms with van der Waals surface area (Å²) in [5.41, 5.74) is -0.122. The van der Waals surface area contributed by atoms with Gasteiger partial charge in [0.15, 0.2) is 23.1 Å². The molecule has 0 atom stereocenters. The molecule has 3 heterocycles. The summed E-state index contributed by atoms with van der Waals surface area (Å²) in [4.78, 5) is 21.5. The summed E-state index contributed by atoms with van der Waals surface area (Å²) in [7, 11) is 3.11. The molecule has 6 aliphatic rings. The zero-order valence-electron chi connectivity index (χ0n) is 21.2. The monoisotopic (exact) mass is 525 g/mol. The van der Waals surface area contributed by atoms with Crippen LogP contribution in [-0.4, -0.2) is 50.3 Å². The fourth-order valence-electron chi connectivity index (χ4n) is 9.44. The van der Waals surface area contributed by atoms with Crippen LogP contribution >= 0.6 is 0 Å². The first-order valence-corrected chi connectivity index (χ1v) is 12.9. The zero-order chi connectivity index (χ0) is 26.4. The predicted octanol–water partition coefficient (Wildman–Crippen LogP) is 3.85. The van der Waals surface area contributed by atoms with Gasteiger partial charge in [0, 0.05) is 30.4 Å². The van der Waals surface area contributed by atoms with Gasteiger partial charge in [-0.2, -0.15) is 13.2 Å². The molecule has 0 aliphatic heterocycles. The van der Waals surface area contributed by atoms with E-state index in [0.29, 0.717) is 70.2 Å². The number of aromatic nitrogens is 6. The van der Waals surface area contributed by atoms with Gasteiger partial charge in [0.25, 0.3) is 0 Å². The van der Waals surface area contributed by atoms with Crippen molar-refractivity contribution in [1.82, 2.24) is 29.5 Å². The minimum absolute atomic E-state index is 0.0575. The van der Waals surface area contributed by atoms with E-state index in [1.165, 1.54) is 19.6 Å². The van der Waals surface area contributed by atoms with Crippen LogP contribution in [0.4, 0.5) is 19.0 Å². The maximum absolute atomic E-state index is 13.5. The highest BCUT2D eigenvalue weighted by Gasteiger charge is 3.10. The van der Waals surface area contributed by atoms with E-state index < -0.39 is 11.9 Å². The van der Waals surface area contributed by atoms with E-state index in [2.05, 4.69) is 25.3 Å². The quantitative estimate of drug-likeness (QED) is 0.474. The molecular weight excluding hydrogens is 499 g/mol. The number of alkyl halides is 3. The topological polar surface area (TPSA) is 99.9 Å². The van der Waals surface area contributed by atoms with Gasteiger partial charge in [-0.25, -0.2) is 24.9 Å². The highest BCUT2D eigenvalue weighted by atomic mass is 19.4. The smallest absolute Gasteiger partial charge is 0.434 e. The predicted molar refractivity (Wildman–Crippen MR) is 127 cm³/mol. The molecule has 1 N–H and O–H groups in total. The molecule has 0 spiro atoms. The number of halogens is 3. The summed E-state index contributed by atoms with van der Waals surface area (Å²) in [6.45, 7) is 4.62. The summed E-state index contributed by atoms with van der Waals surface area (Å²) >= 11 is 0. The summed E-state index contributed by atoms with van der Waals surface area (Å²) in [6.07, 6.45) is 1.42. The lowest BCUT2D eigenvalue weighted by Crippen LogP contribution is -3.12. The average Bonchev–Trinajstić information content (AvgIpc) is 3.38. The summed E-state index contributed by atoms with van der Waals surface area (Å²) in [5.74, 6) is 5.57. The summed E-state index contributed by atoms with van der Waals surface area (Å²) in [5, 5.41) is 3.53. The number of hydrogen-bond acceptors (Lipinski definition) is 8. The number of ether oxygens (including phenoxy) is 2. The van der Waals surface area contributed by atoms with E-state index in [0.717, 1.165) is 6.54 Å². The third-order valence-electron chi connectivity index (χ3n) is 10.5.